The number of rotatable bonds is 10. The molecule has 2 aliphatic rings. The van der Waals surface area contributed by atoms with Gasteiger partial charge in [-0.25, -0.2) is 0 Å². The molecule has 1 aromatic heterocycles. The molecule has 36 heavy (non-hydrogen) atoms. The van der Waals surface area contributed by atoms with Crippen molar-refractivity contribution in [2.24, 2.45) is 5.92 Å². The summed E-state index contributed by atoms with van der Waals surface area (Å²) in [6.45, 7) is 6.45. The van der Waals surface area contributed by atoms with Crippen molar-refractivity contribution >= 4 is 11.3 Å². The average molecular weight is 505 g/mol. The first-order valence-corrected chi connectivity index (χ1v) is 14.4. The van der Waals surface area contributed by atoms with E-state index in [1.54, 1.807) is 7.11 Å². The first-order chi connectivity index (χ1) is 17.6. The van der Waals surface area contributed by atoms with Gasteiger partial charge in [0.2, 0.25) is 0 Å². The lowest BCUT2D eigenvalue weighted by atomic mass is 9.84. The van der Waals surface area contributed by atoms with Crippen LogP contribution in [0.3, 0.4) is 0 Å². The van der Waals surface area contributed by atoms with Gasteiger partial charge < -0.3 is 14.7 Å². The number of piperidine rings is 1. The number of hydrogen-bond donors (Lipinski definition) is 1. The van der Waals surface area contributed by atoms with Crippen LogP contribution in [0.25, 0.3) is 0 Å². The van der Waals surface area contributed by atoms with Crippen molar-refractivity contribution in [3.63, 3.8) is 0 Å². The van der Waals surface area contributed by atoms with Crippen molar-refractivity contribution in [2.45, 2.75) is 50.2 Å². The fourth-order valence-corrected chi connectivity index (χ4v) is 6.89. The largest absolute Gasteiger partial charge is 0.497 e. The summed E-state index contributed by atoms with van der Waals surface area (Å²) in [7, 11) is 1.71. The fraction of sp³-hybridized carbons (Fsp3) is 0.484. The number of nitrogens with zero attached hydrogens (tertiary/aromatic N) is 2. The molecule has 2 atom stereocenters. The molecular formula is C31H40N2O2S. The third-order valence-corrected chi connectivity index (χ3v) is 8.96. The zero-order valence-corrected chi connectivity index (χ0v) is 22.3. The van der Waals surface area contributed by atoms with Gasteiger partial charge >= 0.3 is 0 Å². The summed E-state index contributed by atoms with van der Waals surface area (Å²) in [6.07, 6.45) is 4.65. The summed E-state index contributed by atoms with van der Waals surface area (Å²) in [5, 5.41) is 15.8. The molecule has 3 heterocycles. The van der Waals surface area contributed by atoms with Crippen LogP contribution in [-0.4, -0.2) is 60.3 Å². The molecule has 0 aliphatic carbocycles. The van der Waals surface area contributed by atoms with E-state index in [0.717, 1.165) is 77.1 Å². The van der Waals surface area contributed by atoms with Crippen LogP contribution in [0.2, 0.25) is 0 Å². The van der Waals surface area contributed by atoms with Gasteiger partial charge in [0.1, 0.15) is 5.75 Å². The predicted octanol–water partition coefficient (Wildman–Crippen LogP) is 5.82. The fourth-order valence-electron chi connectivity index (χ4n) is 6.16. The lowest BCUT2D eigenvalue weighted by Gasteiger charge is -2.39. The molecule has 0 bridgehead atoms. The van der Waals surface area contributed by atoms with Gasteiger partial charge in [-0.2, -0.15) is 11.3 Å². The van der Waals surface area contributed by atoms with E-state index in [1.165, 1.54) is 16.7 Å². The number of benzene rings is 2. The van der Waals surface area contributed by atoms with E-state index >= 15 is 0 Å². The van der Waals surface area contributed by atoms with Crippen LogP contribution in [0.5, 0.6) is 5.75 Å². The first-order valence-electron chi connectivity index (χ1n) is 13.5. The molecule has 2 fully saturated rings. The molecule has 2 aromatic carbocycles. The smallest absolute Gasteiger partial charge is 0.119 e. The second kappa shape index (κ2) is 11.9. The minimum absolute atomic E-state index is 0.517. The molecule has 1 N–H and O–H groups in total. The van der Waals surface area contributed by atoms with Crippen molar-refractivity contribution < 1.29 is 9.84 Å². The van der Waals surface area contributed by atoms with Crippen LogP contribution in [-0.2, 0) is 13.0 Å². The van der Waals surface area contributed by atoms with E-state index in [1.807, 2.05) is 17.4 Å². The summed E-state index contributed by atoms with van der Waals surface area (Å²) < 4.78 is 5.35. The average Bonchev–Trinajstić information content (AvgIpc) is 3.56. The zero-order chi connectivity index (χ0) is 24.8. The number of aliphatic hydroxyl groups is 1. The molecule has 3 aromatic rings. The van der Waals surface area contributed by atoms with E-state index in [-0.39, 0.29) is 0 Å². The Balaban J connectivity index is 1.12. The molecule has 2 aliphatic heterocycles. The molecular weight excluding hydrogens is 464 g/mol. The molecule has 0 spiro atoms. The SMILES string of the molecule is COc1cccc(CCCC2(O)CCN(CC3CN(Cc4ccccc4)CC3c3ccsc3)CC2)c1. The minimum Gasteiger partial charge on any atom is -0.497 e. The normalized spacial score (nSPS) is 22.6. The molecule has 192 valence electrons. The van der Waals surface area contributed by atoms with E-state index < -0.39 is 5.60 Å². The molecule has 0 amide bonds. The Hall–Kier alpha value is -2.18. The Kier molecular flexibility index (Phi) is 8.43. The number of hydrogen-bond acceptors (Lipinski definition) is 5. The van der Waals surface area contributed by atoms with E-state index in [2.05, 4.69) is 75.2 Å². The predicted molar refractivity (Wildman–Crippen MR) is 149 cm³/mol. The highest BCUT2D eigenvalue weighted by Gasteiger charge is 2.37. The van der Waals surface area contributed by atoms with Crippen LogP contribution < -0.4 is 4.74 Å². The second-order valence-electron chi connectivity index (χ2n) is 10.8. The van der Waals surface area contributed by atoms with Gasteiger partial charge in [-0.3, -0.25) is 4.90 Å². The van der Waals surface area contributed by atoms with Crippen LogP contribution >= 0.6 is 11.3 Å². The van der Waals surface area contributed by atoms with E-state index in [0.29, 0.717) is 11.8 Å². The summed E-state index contributed by atoms with van der Waals surface area (Å²) in [4.78, 5) is 5.26. The van der Waals surface area contributed by atoms with Crippen LogP contribution in [0.4, 0.5) is 0 Å². The third-order valence-electron chi connectivity index (χ3n) is 8.26. The van der Waals surface area contributed by atoms with Gasteiger partial charge in [-0.05, 0) is 83.7 Å². The Bertz CT molecular complexity index is 1060. The van der Waals surface area contributed by atoms with Gasteiger partial charge in [-0.1, -0.05) is 42.5 Å². The number of ether oxygens (including phenoxy) is 1. The minimum atomic E-state index is -0.517. The zero-order valence-electron chi connectivity index (χ0n) is 21.5. The summed E-state index contributed by atoms with van der Waals surface area (Å²) in [5.41, 5.74) is 3.68. The summed E-state index contributed by atoms with van der Waals surface area (Å²) in [6, 6.07) is 21.5. The standard InChI is InChI=1S/C31H40N2O2S/c1-35-29-11-5-9-25(19-29)10-6-13-31(34)14-16-32(17-15-31)21-28-22-33(20-26-7-3-2-4-8-26)23-30(28)27-12-18-36-24-27/h2-5,7-9,11-12,18-19,24,28,30,34H,6,10,13-17,20-23H2,1H3. The van der Waals surface area contributed by atoms with Crippen molar-refractivity contribution in [1.29, 1.82) is 0 Å². The maximum Gasteiger partial charge on any atom is 0.119 e. The highest BCUT2D eigenvalue weighted by atomic mass is 32.1. The van der Waals surface area contributed by atoms with Crippen molar-refractivity contribution in [2.75, 3.05) is 39.8 Å². The van der Waals surface area contributed by atoms with E-state index in [4.69, 9.17) is 4.74 Å². The van der Waals surface area contributed by atoms with Gasteiger partial charge in [0.15, 0.2) is 0 Å². The molecule has 0 radical (unpaired) electrons. The number of methoxy groups -OCH3 is 1. The molecule has 5 rings (SSSR count). The summed E-state index contributed by atoms with van der Waals surface area (Å²) in [5.74, 6) is 2.15. The lowest BCUT2D eigenvalue weighted by Crippen LogP contribution is -2.46. The van der Waals surface area contributed by atoms with Crippen LogP contribution in [0.1, 0.15) is 48.3 Å². The quantitative estimate of drug-likeness (QED) is 0.377. The molecule has 4 nitrogen and oxygen atoms in total. The Morgan fingerprint density at radius 3 is 2.53 bits per heavy atom. The highest BCUT2D eigenvalue weighted by molar-refractivity contribution is 7.08. The Labute approximate surface area is 220 Å². The van der Waals surface area contributed by atoms with Gasteiger partial charge in [-0.15, -0.1) is 0 Å². The molecule has 5 heteroatoms. The van der Waals surface area contributed by atoms with Crippen LogP contribution in [0.15, 0.2) is 71.4 Å². The van der Waals surface area contributed by atoms with Gasteiger partial charge in [0, 0.05) is 45.2 Å². The number of thiophene rings is 1. The van der Waals surface area contributed by atoms with Gasteiger partial charge in [0.05, 0.1) is 12.7 Å². The van der Waals surface area contributed by atoms with Crippen molar-refractivity contribution in [3.05, 3.63) is 88.1 Å². The van der Waals surface area contributed by atoms with Crippen LogP contribution in [0, 0.1) is 5.92 Å². The number of likely N-dealkylation sites (tertiary alicyclic amines) is 2. The molecule has 2 saturated heterocycles. The highest BCUT2D eigenvalue weighted by Crippen LogP contribution is 2.36. The second-order valence-corrected chi connectivity index (χ2v) is 11.6. The molecule has 0 saturated carbocycles. The third kappa shape index (κ3) is 6.57. The maximum atomic E-state index is 11.3. The van der Waals surface area contributed by atoms with Crippen molar-refractivity contribution in [1.82, 2.24) is 9.80 Å². The molecule has 2 unspecified atom stereocenters. The van der Waals surface area contributed by atoms with E-state index in [9.17, 15) is 5.11 Å². The Morgan fingerprint density at radius 2 is 1.78 bits per heavy atom. The first kappa shape index (κ1) is 25.5. The monoisotopic (exact) mass is 504 g/mol. The van der Waals surface area contributed by atoms with Crippen molar-refractivity contribution in [3.8, 4) is 5.75 Å². The Morgan fingerprint density at radius 1 is 0.972 bits per heavy atom. The summed E-state index contributed by atoms with van der Waals surface area (Å²) >= 11 is 1.82. The topological polar surface area (TPSA) is 35.9 Å². The van der Waals surface area contributed by atoms with Gasteiger partial charge in [0.25, 0.3) is 0 Å². The lowest BCUT2D eigenvalue weighted by molar-refractivity contribution is -0.0316. The number of aryl methyl sites for hydroxylation is 1. The maximum absolute atomic E-state index is 11.3.